The lowest BCUT2D eigenvalue weighted by molar-refractivity contribution is -0.154. The van der Waals surface area contributed by atoms with E-state index < -0.39 is 12.7 Å². The molecule has 152 valence electrons. The number of aromatic amines is 1. The Kier molecular flexibility index (Phi) is 5.36. The van der Waals surface area contributed by atoms with Crippen LogP contribution in [0.3, 0.4) is 0 Å². The first-order chi connectivity index (χ1) is 13.9. The Morgan fingerprint density at radius 3 is 2.62 bits per heavy atom. The summed E-state index contributed by atoms with van der Waals surface area (Å²) in [6.07, 6.45) is 1.30. The minimum absolute atomic E-state index is 0.331. The van der Waals surface area contributed by atoms with Gasteiger partial charge in [-0.3, -0.25) is 9.88 Å². The number of rotatable bonds is 4. The number of nitrogens with zero attached hydrogens (tertiary/aromatic N) is 3. The zero-order chi connectivity index (χ0) is 20.4. The van der Waals surface area contributed by atoms with Gasteiger partial charge < -0.3 is 4.98 Å². The summed E-state index contributed by atoms with van der Waals surface area (Å²) in [6, 6.07) is 9.42. The number of aromatic nitrogens is 3. The Bertz CT molecular complexity index is 965. The second-order valence-electron chi connectivity index (χ2n) is 7.22. The molecule has 3 aromatic rings. The summed E-state index contributed by atoms with van der Waals surface area (Å²) in [5.41, 5.74) is 2.77. The fourth-order valence-corrected chi connectivity index (χ4v) is 3.74. The summed E-state index contributed by atoms with van der Waals surface area (Å²) in [5, 5.41) is 0. The Morgan fingerprint density at radius 2 is 1.90 bits per heavy atom. The maximum Gasteiger partial charge on any atom is 0.401 e. The molecule has 4 nitrogen and oxygen atoms in total. The summed E-state index contributed by atoms with van der Waals surface area (Å²) in [6.45, 7) is -0.526. The Hall–Kier alpha value is -2.74. The molecule has 0 saturated carbocycles. The summed E-state index contributed by atoms with van der Waals surface area (Å²) in [4.78, 5) is 13.3. The largest absolute Gasteiger partial charge is 0.401 e. The van der Waals surface area contributed by atoms with Gasteiger partial charge in [0, 0.05) is 17.3 Å². The smallest absolute Gasteiger partial charge is 0.341 e. The number of nitrogens with one attached hydrogen (secondary N) is 1. The van der Waals surface area contributed by atoms with Crippen LogP contribution in [0.15, 0.2) is 48.8 Å². The molecule has 0 unspecified atom stereocenters. The van der Waals surface area contributed by atoms with Crippen LogP contribution < -0.4 is 0 Å². The monoisotopic (exact) mass is 404 g/mol. The molecule has 0 bridgehead atoms. The van der Waals surface area contributed by atoms with Gasteiger partial charge in [-0.2, -0.15) is 13.2 Å². The van der Waals surface area contributed by atoms with Gasteiger partial charge in [-0.15, -0.1) is 0 Å². The number of H-pyrrole nitrogens is 1. The molecule has 1 aromatic carbocycles. The third-order valence-corrected chi connectivity index (χ3v) is 5.10. The molecule has 4 rings (SSSR count). The van der Waals surface area contributed by atoms with E-state index in [1.54, 1.807) is 30.6 Å². The van der Waals surface area contributed by atoms with Crippen molar-refractivity contribution < 1.29 is 17.6 Å². The first-order valence-corrected chi connectivity index (χ1v) is 9.47. The van der Waals surface area contributed by atoms with E-state index >= 15 is 0 Å². The van der Waals surface area contributed by atoms with Crippen molar-refractivity contribution in [1.29, 1.82) is 0 Å². The van der Waals surface area contributed by atoms with Crippen molar-refractivity contribution in [3.05, 3.63) is 60.4 Å². The number of benzene rings is 1. The van der Waals surface area contributed by atoms with E-state index in [2.05, 4.69) is 15.0 Å². The van der Waals surface area contributed by atoms with Gasteiger partial charge in [0.1, 0.15) is 11.6 Å². The highest BCUT2D eigenvalue weighted by atomic mass is 19.4. The van der Waals surface area contributed by atoms with E-state index in [9.17, 15) is 17.6 Å². The Balaban J connectivity index is 1.54. The fourth-order valence-electron chi connectivity index (χ4n) is 3.74. The van der Waals surface area contributed by atoms with Gasteiger partial charge in [-0.1, -0.05) is 18.6 Å². The van der Waals surface area contributed by atoms with Gasteiger partial charge in [0.05, 0.1) is 30.2 Å². The highest BCUT2D eigenvalue weighted by molar-refractivity contribution is 5.64. The predicted octanol–water partition coefficient (Wildman–Crippen LogP) is 5.37. The quantitative estimate of drug-likeness (QED) is 0.595. The zero-order valence-corrected chi connectivity index (χ0v) is 15.6. The van der Waals surface area contributed by atoms with E-state index in [0.29, 0.717) is 35.7 Å². The number of halogens is 4. The van der Waals surface area contributed by atoms with Gasteiger partial charge in [0.2, 0.25) is 0 Å². The van der Waals surface area contributed by atoms with Crippen molar-refractivity contribution in [2.45, 2.75) is 31.5 Å². The Morgan fingerprint density at radius 1 is 1.03 bits per heavy atom. The van der Waals surface area contributed by atoms with E-state index in [-0.39, 0.29) is 11.9 Å². The molecule has 0 spiro atoms. The predicted molar refractivity (Wildman–Crippen MR) is 101 cm³/mol. The average molecular weight is 404 g/mol. The molecule has 1 N–H and O–H groups in total. The molecule has 1 aliphatic heterocycles. The standard InChI is InChI=1S/C21H20F4N4/c22-16-5-3-4-14(10-16)17-8-7-15(11-26-17)18-12-27-20(28-18)19-6-1-2-9-29(19)13-21(23,24)25/h3-5,7-8,10-12,19H,1-2,6,9,13H2,(H,27,28)/t19-/m1/s1. The summed E-state index contributed by atoms with van der Waals surface area (Å²) in [7, 11) is 0. The van der Waals surface area contributed by atoms with Crippen LogP contribution in [0.2, 0.25) is 0 Å². The molecule has 8 heteroatoms. The van der Waals surface area contributed by atoms with E-state index in [0.717, 1.165) is 18.4 Å². The van der Waals surface area contributed by atoms with Crippen LogP contribution in [0.25, 0.3) is 22.5 Å². The lowest BCUT2D eigenvalue weighted by Crippen LogP contribution is -2.40. The Labute approximate surface area is 165 Å². The van der Waals surface area contributed by atoms with Crippen LogP contribution in [0, 0.1) is 5.82 Å². The molecule has 1 atom stereocenters. The molecule has 2 aromatic heterocycles. The number of imidazole rings is 1. The number of hydrogen-bond donors (Lipinski definition) is 1. The topological polar surface area (TPSA) is 44.8 Å². The second-order valence-corrected chi connectivity index (χ2v) is 7.22. The molecular formula is C21H20F4N4. The number of piperidine rings is 1. The minimum Gasteiger partial charge on any atom is -0.341 e. The van der Waals surface area contributed by atoms with Crippen LogP contribution in [-0.4, -0.2) is 39.1 Å². The molecule has 0 radical (unpaired) electrons. The van der Waals surface area contributed by atoms with Gasteiger partial charge in [-0.25, -0.2) is 9.37 Å². The van der Waals surface area contributed by atoms with Crippen molar-refractivity contribution in [2.75, 3.05) is 13.1 Å². The van der Waals surface area contributed by atoms with Crippen LogP contribution in [-0.2, 0) is 0 Å². The number of likely N-dealkylation sites (tertiary alicyclic amines) is 1. The number of hydrogen-bond acceptors (Lipinski definition) is 3. The molecule has 1 saturated heterocycles. The van der Waals surface area contributed by atoms with Crippen LogP contribution in [0.1, 0.15) is 31.1 Å². The van der Waals surface area contributed by atoms with E-state index in [1.807, 2.05) is 6.07 Å². The van der Waals surface area contributed by atoms with E-state index in [1.165, 1.54) is 17.0 Å². The molecule has 0 aliphatic carbocycles. The van der Waals surface area contributed by atoms with Gasteiger partial charge >= 0.3 is 6.18 Å². The average Bonchev–Trinajstić information content (AvgIpc) is 3.17. The highest BCUT2D eigenvalue weighted by Gasteiger charge is 2.36. The van der Waals surface area contributed by atoms with Crippen molar-refractivity contribution in [1.82, 2.24) is 19.9 Å². The second kappa shape index (κ2) is 7.94. The maximum absolute atomic E-state index is 13.4. The van der Waals surface area contributed by atoms with E-state index in [4.69, 9.17) is 0 Å². The molecular weight excluding hydrogens is 384 g/mol. The molecule has 0 amide bonds. The minimum atomic E-state index is -4.23. The summed E-state index contributed by atoms with van der Waals surface area (Å²) >= 11 is 0. The molecule has 1 fully saturated rings. The van der Waals surface area contributed by atoms with Crippen molar-refractivity contribution in [3.8, 4) is 22.5 Å². The van der Waals surface area contributed by atoms with Crippen molar-refractivity contribution >= 4 is 0 Å². The van der Waals surface area contributed by atoms with Crippen LogP contribution >= 0.6 is 0 Å². The molecule has 29 heavy (non-hydrogen) atoms. The maximum atomic E-state index is 13.4. The lowest BCUT2D eigenvalue weighted by Gasteiger charge is -2.34. The van der Waals surface area contributed by atoms with Gasteiger partial charge in [0.25, 0.3) is 0 Å². The zero-order valence-electron chi connectivity index (χ0n) is 15.6. The SMILES string of the molecule is Fc1cccc(-c2ccc(-c3cnc([C@H]4CCCCN4CC(F)(F)F)[nH]3)cn2)c1. The first kappa shape index (κ1) is 19.6. The normalized spacial score (nSPS) is 18.1. The summed E-state index contributed by atoms with van der Waals surface area (Å²) < 4.78 is 52.1. The molecule has 3 heterocycles. The lowest BCUT2D eigenvalue weighted by atomic mass is 10.0. The van der Waals surface area contributed by atoms with Crippen molar-refractivity contribution in [2.24, 2.45) is 0 Å². The van der Waals surface area contributed by atoms with Crippen LogP contribution in [0.4, 0.5) is 17.6 Å². The number of alkyl halides is 3. The van der Waals surface area contributed by atoms with Gasteiger partial charge in [-0.05, 0) is 43.7 Å². The molecule has 1 aliphatic rings. The van der Waals surface area contributed by atoms with Gasteiger partial charge in [0.15, 0.2) is 0 Å². The van der Waals surface area contributed by atoms with Crippen molar-refractivity contribution in [3.63, 3.8) is 0 Å². The third kappa shape index (κ3) is 4.64. The van der Waals surface area contributed by atoms with Crippen LogP contribution in [0.5, 0.6) is 0 Å². The first-order valence-electron chi connectivity index (χ1n) is 9.47. The fraction of sp³-hybridized carbons (Fsp3) is 0.333. The highest BCUT2D eigenvalue weighted by Crippen LogP contribution is 2.33. The number of pyridine rings is 1. The summed E-state index contributed by atoms with van der Waals surface area (Å²) in [5.74, 6) is 0.209. The third-order valence-electron chi connectivity index (χ3n) is 5.10.